The normalized spacial score (nSPS) is 10.7. The van der Waals surface area contributed by atoms with Crippen molar-refractivity contribution < 1.29 is 4.52 Å². The molecule has 0 aliphatic rings. The summed E-state index contributed by atoms with van der Waals surface area (Å²) in [6, 6.07) is 0. The molecule has 0 unspecified atom stereocenters. The predicted molar refractivity (Wildman–Crippen MR) is 39.3 cm³/mol. The van der Waals surface area contributed by atoms with Crippen LogP contribution in [0.25, 0.3) is 11.1 Å². The van der Waals surface area contributed by atoms with Crippen molar-refractivity contribution in [1.29, 1.82) is 0 Å². The van der Waals surface area contributed by atoms with Gasteiger partial charge in [0.15, 0.2) is 5.15 Å². The number of hydrogen-bond donors (Lipinski definition) is 0. The number of halogens is 1. The molecule has 56 valence electrons. The van der Waals surface area contributed by atoms with Crippen LogP contribution in [0, 0.1) is 6.92 Å². The lowest BCUT2D eigenvalue weighted by Gasteiger charge is -1.86. The second-order valence-corrected chi connectivity index (χ2v) is 2.47. The standard InChI is InChI=1S/C6H4ClN3O/c1-3-4-5(11-10-3)6(7)9-2-8-4/h2H,1H3. The number of nitrogens with zero attached hydrogens (tertiary/aromatic N) is 3. The number of fused-ring (bicyclic) bond motifs is 1. The molecule has 4 nitrogen and oxygen atoms in total. The van der Waals surface area contributed by atoms with E-state index in [2.05, 4.69) is 15.1 Å². The van der Waals surface area contributed by atoms with Gasteiger partial charge in [0.25, 0.3) is 0 Å². The van der Waals surface area contributed by atoms with Crippen LogP contribution < -0.4 is 0 Å². The fourth-order valence-electron chi connectivity index (χ4n) is 0.848. The van der Waals surface area contributed by atoms with Gasteiger partial charge in [0.2, 0.25) is 5.58 Å². The van der Waals surface area contributed by atoms with Crippen molar-refractivity contribution in [2.45, 2.75) is 6.92 Å². The van der Waals surface area contributed by atoms with Gasteiger partial charge < -0.3 is 4.52 Å². The van der Waals surface area contributed by atoms with Crippen LogP contribution in [0.15, 0.2) is 10.9 Å². The summed E-state index contributed by atoms with van der Waals surface area (Å²) in [5.74, 6) is 0. The van der Waals surface area contributed by atoms with Crippen molar-refractivity contribution in [2.75, 3.05) is 0 Å². The van der Waals surface area contributed by atoms with Gasteiger partial charge in [-0.3, -0.25) is 0 Å². The molecule has 0 fully saturated rings. The van der Waals surface area contributed by atoms with Crippen molar-refractivity contribution in [1.82, 2.24) is 15.1 Å². The van der Waals surface area contributed by atoms with E-state index >= 15 is 0 Å². The topological polar surface area (TPSA) is 51.8 Å². The Bertz CT molecular complexity index is 398. The minimum absolute atomic E-state index is 0.301. The zero-order chi connectivity index (χ0) is 7.84. The van der Waals surface area contributed by atoms with E-state index in [4.69, 9.17) is 16.1 Å². The van der Waals surface area contributed by atoms with Crippen molar-refractivity contribution >= 4 is 22.7 Å². The van der Waals surface area contributed by atoms with Crippen LogP contribution in [0.5, 0.6) is 0 Å². The first-order chi connectivity index (χ1) is 5.29. The number of hydrogen-bond acceptors (Lipinski definition) is 4. The van der Waals surface area contributed by atoms with E-state index in [0.29, 0.717) is 16.3 Å². The summed E-state index contributed by atoms with van der Waals surface area (Å²) >= 11 is 5.69. The zero-order valence-electron chi connectivity index (χ0n) is 5.71. The molecule has 0 saturated heterocycles. The van der Waals surface area contributed by atoms with Crippen molar-refractivity contribution in [3.63, 3.8) is 0 Å². The van der Waals surface area contributed by atoms with Crippen LogP contribution in [0.2, 0.25) is 5.15 Å². The lowest BCUT2D eigenvalue weighted by atomic mass is 10.4. The molecule has 0 amide bonds. The quantitative estimate of drug-likeness (QED) is 0.562. The third kappa shape index (κ3) is 0.867. The maximum Gasteiger partial charge on any atom is 0.222 e. The maximum absolute atomic E-state index is 5.69. The maximum atomic E-state index is 5.69. The molecule has 0 bridgehead atoms. The number of aryl methyl sites for hydroxylation is 1. The predicted octanol–water partition coefficient (Wildman–Crippen LogP) is 1.58. The molecule has 0 aliphatic carbocycles. The largest absolute Gasteiger partial charge is 0.351 e. The lowest BCUT2D eigenvalue weighted by Crippen LogP contribution is -1.80. The van der Waals surface area contributed by atoms with Gasteiger partial charge in [-0.05, 0) is 6.92 Å². The van der Waals surface area contributed by atoms with Gasteiger partial charge in [-0.1, -0.05) is 16.8 Å². The SMILES string of the molecule is Cc1noc2c(Cl)ncnc12. The first-order valence-electron chi connectivity index (χ1n) is 3.01. The van der Waals surface area contributed by atoms with Gasteiger partial charge in [0.05, 0.1) is 0 Å². The summed E-state index contributed by atoms with van der Waals surface area (Å²) in [5.41, 5.74) is 1.85. The second-order valence-electron chi connectivity index (χ2n) is 2.11. The molecule has 0 spiro atoms. The molecule has 0 N–H and O–H groups in total. The Morgan fingerprint density at radius 1 is 1.45 bits per heavy atom. The van der Waals surface area contributed by atoms with Gasteiger partial charge in [0, 0.05) is 0 Å². The highest BCUT2D eigenvalue weighted by Crippen LogP contribution is 2.20. The first-order valence-corrected chi connectivity index (χ1v) is 3.39. The zero-order valence-corrected chi connectivity index (χ0v) is 6.46. The molecule has 11 heavy (non-hydrogen) atoms. The molecule has 5 heteroatoms. The lowest BCUT2D eigenvalue weighted by molar-refractivity contribution is 0.449. The minimum atomic E-state index is 0.301. The summed E-state index contributed by atoms with van der Waals surface area (Å²) < 4.78 is 4.87. The van der Waals surface area contributed by atoms with Gasteiger partial charge in [-0.25, -0.2) is 9.97 Å². The van der Waals surface area contributed by atoms with Crippen LogP contribution in [0.1, 0.15) is 5.69 Å². The van der Waals surface area contributed by atoms with Gasteiger partial charge in [0.1, 0.15) is 17.5 Å². The van der Waals surface area contributed by atoms with E-state index in [-0.39, 0.29) is 0 Å². The van der Waals surface area contributed by atoms with E-state index < -0.39 is 0 Å². The number of aromatic nitrogens is 3. The van der Waals surface area contributed by atoms with Crippen LogP contribution in [0.3, 0.4) is 0 Å². The average Bonchev–Trinajstić information content (AvgIpc) is 2.35. The van der Waals surface area contributed by atoms with Crippen LogP contribution >= 0.6 is 11.6 Å². The molecule has 2 heterocycles. The second kappa shape index (κ2) is 2.17. The third-order valence-corrected chi connectivity index (χ3v) is 1.65. The fourth-order valence-corrected chi connectivity index (χ4v) is 1.02. The van der Waals surface area contributed by atoms with Crippen LogP contribution in [-0.2, 0) is 0 Å². The van der Waals surface area contributed by atoms with Gasteiger partial charge in [-0.15, -0.1) is 0 Å². The fraction of sp³-hybridized carbons (Fsp3) is 0.167. The van der Waals surface area contributed by atoms with E-state index in [9.17, 15) is 0 Å². The summed E-state index contributed by atoms with van der Waals surface area (Å²) in [6.07, 6.45) is 1.38. The Hall–Kier alpha value is -1.16. The number of rotatable bonds is 0. The van der Waals surface area contributed by atoms with E-state index in [1.807, 2.05) is 0 Å². The van der Waals surface area contributed by atoms with Crippen LogP contribution in [0.4, 0.5) is 0 Å². The van der Waals surface area contributed by atoms with Crippen LogP contribution in [-0.4, -0.2) is 15.1 Å². The van der Waals surface area contributed by atoms with Gasteiger partial charge >= 0.3 is 0 Å². The monoisotopic (exact) mass is 169 g/mol. The summed E-state index contributed by atoms with van der Waals surface area (Å²) in [5, 5.41) is 4.00. The summed E-state index contributed by atoms with van der Waals surface area (Å²) in [4.78, 5) is 7.69. The molecule has 0 radical (unpaired) electrons. The Morgan fingerprint density at radius 3 is 3.00 bits per heavy atom. The first kappa shape index (κ1) is 6.54. The highest BCUT2D eigenvalue weighted by Gasteiger charge is 2.08. The molecule has 0 atom stereocenters. The Balaban J connectivity index is 2.94. The molecule has 0 saturated carbocycles. The molecule has 2 aromatic rings. The molecule has 0 aliphatic heterocycles. The molecular weight excluding hydrogens is 166 g/mol. The van der Waals surface area contributed by atoms with Gasteiger partial charge in [-0.2, -0.15) is 0 Å². The van der Waals surface area contributed by atoms with E-state index in [0.717, 1.165) is 5.69 Å². The highest BCUT2D eigenvalue weighted by atomic mass is 35.5. The Morgan fingerprint density at radius 2 is 2.27 bits per heavy atom. The van der Waals surface area contributed by atoms with Crippen molar-refractivity contribution in [3.05, 3.63) is 17.2 Å². The molecular formula is C6H4ClN3O. The smallest absolute Gasteiger partial charge is 0.222 e. The molecule has 0 aromatic carbocycles. The van der Waals surface area contributed by atoms with Crippen molar-refractivity contribution in [2.24, 2.45) is 0 Å². The minimum Gasteiger partial charge on any atom is -0.351 e. The third-order valence-electron chi connectivity index (χ3n) is 1.38. The average molecular weight is 170 g/mol. The van der Waals surface area contributed by atoms with E-state index in [1.165, 1.54) is 6.33 Å². The highest BCUT2D eigenvalue weighted by molar-refractivity contribution is 6.33. The summed E-state index contributed by atoms with van der Waals surface area (Å²) in [7, 11) is 0. The van der Waals surface area contributed by atoms with E-state index in [1.54, 1.807) is 6.92 Å². The summed E-state index contributed by atoms with van der Waals surface area (Å²) in [6.45, 7) is 1.80. The van der Waals surface area contributed by atoms with Crippen molar-refractivity contribution in [3.8, 4) is 0 Å². The molecule has 2 rings (SSSR count). The Labute approximate surface area is 67.2 Å². The molecule has 2 aromatic heterocycles. The Kier molecular flexibility index (Phi) is 1.29.